The van der Waals surface area contributed by atoms with Crippen molar-refractivity contribution in [2.45, 2.75) is 0 Å². The molecule has 0 aliphatic carbocycles. The van der Waals surface area contributed by atoms with Crippen LogP contribution in [-0.4, -0.2) is 11.8 Å². The maximum absolute atomic E-state index is 4.76. The molecule has 0 radical (unpaired) electrons. The Balaban J connectivity index is 0.000000285. The number of hydrogen-bond acceptors (Lipinski definition) is 0. The van der Waals surface area contributed by atoms with Gasteiger partial charge < -0.3 is 0 Å². The van der Waals surface area contributed by atoms with E-state index in [2.05, 4.69) is 243 Å². The molecular formula is C50H44Cl4Fe2P4Pd2. The second-order valence-corrected chi connectivity index (χ2v) is 26.2. The van der Waals surface area contributed by atoms with Crippen LogP contribution in [0.2, 0.25) is 0 Å². The number of halogens is 4. The molecule has 62 heavy (non-hydrogen) atoms. The summed E-state index contributed by atoms with van der Waals surface area (Å²) in [5.41, 5.74) is 0. The van der Waals surface area contributed by atoms with Crippen LogP contribution in [0.5, 0.6) is 0 Å². The zero-order chi connectivity index (χ0) is 42.0. The molecule has 0 saturated carbocycles. The summed E-state index contributed by atoms with van der Waals surface area (Å²) in [6, 6.07) is 88.3. The van der Waals surface area contributed by atoms with Gasteiger partial charge in [-0.05, 0) is 74.1 Å². The Kier molecular flexibility index (Phi) is 29.9. The quantitative estimate of drug-likeness (QED) is 0.0845. The normalized spacial score (nSPS) is 10.3. The van der Waals surface area contributed by atoms with Crippen LogP contribution in [0.25, 0.3) is 0 Å². The van der Waals surface area contributed by atoms with Crippen molar-refractivity contribution >= 4 is 115 Å². The average molecular weight is 1240 g/mol. The predicted octanol–water partition coefficient (Wildman–Crippen LogP) is 13.2. The third kappa shape index (κ3) is 18.7. The second kappa shape index (κ2) is 33.5. The summed E-state index contributed by atoms with van der Waals surface area (Å²) < 4.78 is 0. The topological polar surface area (TPSA) is 0 Å². The number of rotatable bonds is 12. The molecule has 8 aromatic rings. The molecule has 0 nitrogen and oxygen atoms in total. The summed E-state index contributed by atoms with van der Waals surface area (Å²) in [5.74, 6) is 2.35. The van der Waals surface area contributed by atoms with E-state index in [1.807, 2.05) is 0 Å². The van der Waals surface area contributed by atoms with Gasteiger partial charge in [-0.1, -0.05) is 243 Å². The van der Waals surface area contributed by atoms with Gasteiger partial charge in [-0.2, -0.15) is 0 Å². The van der Waals surface area contributed by atoms with Gasteiger partial charge in [0.05, 0.1) is 0 Å². The van der Waals surface area contributed by atoms with Crippen molar-refractivity contribution in [2.24, 2.45) is 0 Å². The molecule has 0 atom stereocenters. The molecular weight excluding hydrogens is 1190 g/mol. The first kappa shape index (κ1) is 55.3. The molecule has 8 rings (SSSR count). The van der Waals surface area contributed by atoms with E-state index < -0.39 is 31.7 Å². The van der Waals surface area contributed by atoms with E-state index in [1.54, 1.807) is 0 Å². The fourth-order valence-corrected chi connectivity index (χ4v) is 19.3. The smallest absolute Gasteiger partial charge is 0.00405 e. The summed E-state index contributed by atoms with van der Waals surface area (Å²) in [5, 5.41) is 11.7. The molecule has 0 unspecified atom stereocenters. The fraction of sp³-hybridized carbons (Fsp3) is 0.0400. The molecule has 0 N–H and O–H groups in total. The Morgan fingerprint density at radius 2 is 0.323 bits per heavy atom. The van der Waals surface area contributed by atoms with E-state index >= 15 is 0 Å². The molecule has 0 fully saturated rings. The SMILES string of the molecule is [Cl][Fe][Cl].[Cl][Fe][Cl].[Pd].[Pd].c1ccc(P(CP(c2ccccc2)c2ccccc2)c2ccccc2)cc1.c1ccc(P(CP(c2ccccc2)c2ccccc2)c2ccccc2)cc1. The molecule has 0 heterocycles. The summed E-state index contributed by atoms with van der Waals surface area (Å²) in [6.07, 6.45) is 0. The summed E-state index contributed by atoms with van der Waals surface area (Å²) in [7, 11) is 17.4. The zero-order valence-electron chi connectivity index (χ0n) is 33.1. The van der Waals surface area contributed by atoms with Crippen molar-refractivity contribution in [1.29, 1.82) is 0 Å². The minimum atomic E-state index is -0.409. The van der Waals surface area contributed by atoms with Gasteiger partial charge in [0, 0.05) is 52.7 Å². The van der Waals surface area contributed by atoms with Crippen molar-refractivity contribution in [3.05, 3.63) is 243 Å². The number of hydrogen-bond donors (Lipinski definition) is 0. The van der Waals surface area contributed by atoms with E-state index in [0.29, 0.717) is 0 Å². The molecule has 0 saturated heterocycles. The van der Waals surface area contributed by atoms with E-state index in [1.165, 1.54) is 54.2 Å². The standard InChI is InChI=1S/2C25H22P2.4ClH.2Fe.2Pd/c2*1-5-13-22(14-6-1)26(23-15-7-2-8-16-23)21-27(24-17-9-3-10-18-24)25-19-11-4-12-20-25;;;;;;;;/h2*1-20H,21H2;4*1H;;;;/q;;;;;;2*+2;;/p-4. The third-order valence-electron chi connectivity index (χ3n) is 9.11. The van der Waals surface area contributed by atoms with Crippen LogP contribution in [0.3, 0.4) is 0 Å². The Labute approximate surface area is 431 Å². The van der Waals surface area contributed by atoms with Gasteiger partial charge >= 0.3 is 66.7 Å². The van der Waals surface area contributed by atoms with Gasteiger partial charge in [0.15, 0.2) is 0 Å². The predicted molar refractivity (Wildman–Crippen MR) is 269 cm³/mol. The first-order valence-corrected chi connectivity index (χ1v) is 31.1. The minimum absolute atomic E-state index is 0. The summed E-state index contributed by atoms with van der Waals surface area (Å²) >= 11 is 0.389. The van der Waals surface area contributed by atoms with E-state index in [9.17, 15) is 0 Å². The Hall–Kier alpha value is -0.996. The summed E-state index contributed by atoms with van der Waals surface area (Å²) in [4.78, 5) is 0. The van der Waals surface area contributed by atoms with Crippen LogP contribution in [0.4, 0.5) is 0 Å². The summed E-state index contributed by atoms with van der Waals surface area (Å²) in [6.45, 7) is 0. The maximum atomic E-state index is 4.76. The molecule has 0 aliphatic rings. The minimum Gasteiger partial charge on any atom is -0.0622 e. The Morgan fingerprint density at radius 3 is 0.419 bits per heavy atom. The van der Waals surface area contributed by atoms with Crippen molar-refractivity contribution in [1.82, 2.24) is 0 Å². The van der Waals surface area contributed by atoms with Gasteiger partial charge in [-0.3, -0.25) is 0 Å². The zero-order valence-corrected chi connectivity index (χ0v) is 45.1. The Morgan fingerprint density at radius 1 is 0.226 bits per heavy atom. The van der Waals surface area contributed by atoms with Crippen LogP contribution < -0.4 is 42.4 Å². The molecule has 0 spiro atoms. The van der Waals surface area contributed by atoms with Crippen molar-refractivity contribution < 1.29 is 67.1 Å². The van der Waals surface area contributed by atoms with Crippen molar-refractivity contribution in [3.8, 4) is 0 Å². The molecule has 0 amide bonds. The van der Waals surface area contributed by atoms with E-state index in [0.717, 1.165) is 0 Å². The van der Waals surface area contributed by atoms with Crippen LogP contribution in [0.15, 0.2) is 243 Å². The van der Waals surface area contributed by atoms with E-state index in [-0.39, 0.29) is 67.1 Å². The Bertz CT molecular complexity index is 1800. The van der Waals surface area contributed by atoms with E-state index in [4.69, 9.17) is 40.4 Å². The average Bonchev–Trinajstić information content (AvgIpc) is 3.33. The second-order valence-electron chi connectivity index (χ2n) is 12.8. The first-order valence-electron chi connectivity index (χ1n) is 18.9. The molecule has 12 heteroatoms. The third-order valence-corrected chi connectivity index (χ3v) is 21.0. The van der Waals surface area contributed by atoms with Gasteiger partial charge in [-0.25, -0.2) is 0 Å². The van der Waals surface area contributed by atoms with Crippen molar-refractivity contribution in [2.75, 3.05) is 11.8 Å². The molecule has 0 aliphatic heterocycles. The molecule has 0 aromatic heterocycles. The van der Waals surface area contributed by atoms with Crippen LogP contribution in [0.1, 0.15) is 0 Å². The van der Waals surface area contributed by atoms with Gasteiger partial charge in [-0.15, -0.1) is 0 Å². The monoisotopic (exact) mass is 1230 g/mol. The first-order chi connectivity index (χ1) is 29.7. The van der Waals surface area contributed by atoms with Gasteiger partial charge in [0.2, 0.25) is 0 Å². The van der Waals surface area contributed by atoms with Crippen LogP contribution in [0, 0.1) is 0 Å². The van der Waals surface area contributed by atoms with Gasteiger partial charge in [0.25, 0.3) is 0 Å². The van der Waals surface area contributed by atoms with Gasteiger partial charge in [0.1, 0.15) is 0 Å². The molecule has 328 valence electrons. The molecule has 8 aromatic carbocycles. The van der Waals surface area contributed by atoms with Crippen LogP contribution in [-0.2, 0) is 67.1 Å². The maximum Gasteiger partial charge on any atom is 0.00405 e. The number of benzene rings is 8. The van der Waals surface area contributed by atoms with Crippen molar-refractivity contribution in [3.63, 3.8) is 0 Å². The van der Waals surface area contributed by atoms with Crippen LogP contribution >= 0.6 is 72.1 Å². The largest absolute Gasteiger partial charge is 0.0622 e. The molecule has 0 bridgehead atoms. The fourth-order valence-electron chi connectivity index (χ4n) is 6.40.